The molecule has 3 nitrogen and oxygen atoms in total. The molecule has 1 aromatic rings. The Hall–Kier alpha value is -0.900. The third-order valence-electron chi connectivity index (χ3n) is 3.66. The molecule has 1 aliphatic heterocycles. The molecule has 0 spiro atoms. The molecule has 1 heterocycles. The lowest BCUT2D eigenvalue weighted by Crippen LogP contribution is -2.25. The van der Waals surface area contributed by atoms with Crippen LogP contribution in [-0.2, 0) is 17.9 Å². The average molecular weight is 248 g/mol. The van der Waals surface area contributed by atoms with E-state index in [-0.39, 0.29) is 0 Å². The van der Waals surface area contributed by atoms with Crippen LogP contribution in [0.4, 0.5) is 0 Å². The van der Waals surface area contributed by atoms with Crippen LogP contribution in [0.3, 0.4) is 0 Å². The standard InChI is InChI=1S/C15H24N2O/c1-17-8-7-13(11-17)9-16-10-14-5-3-4-6-15(14)12-18-2/h3-6,13,16H,7-12H2,1-2H3. The summed E-state index contributed by atoms with van der Waals surface area (Å²) in [4.78, 5) is 2.41. The van der Waals surface area contributed by atoms with Crippen molar-refractivity contribution in [2.75, 3.05) is 33.8 Å². The van der Waals surface area contributed by atoms with Gasteiger partial charge < -0.3 is 15.0 Å². The highest BCUT2D eigenvalue weighted by Gasteiger charge is 2.18. The largest absolute Gasteiger partial charge is 0.380 e. The van der Waals surface area contributed by atoms with E-state index in [1.165, 1.54) is 30.6 Å². The summed E-state index contributed by atoms with van der Waals surface area (Å²) in [5, 5.41) is 3.58. The zero-order valence-corrected chi connectivity index (χ0v) is 11.5. The Morgan fingerprint density at radius 2 is 2.11 bits per heavy atom. The van der Waals surface area contributed by atoms with Crippen molar-refractivity contribution >= 4 is 0 Å². The summed E-state index contributed by atoms with van der Waals surface area (Å²) in [5.41, 5.74) is 2.64. The first kappa shape index (κ1) is 13.5. The topological polar surface area (TPSA) is 24.5 Å². The van der Waals surface area contributed by atoms with Crippen molar-refractivity contribution in [2.45, 2.75) is 19.6 Å². The van der Waals surface area contributed by atoms with Crippen molar-refractivity contribution < 1.29 is 4.74 Å². The Labute approximate surface area is 110 Å². The molecule has 1 fully saturated rings. The first-order valence-corrected chi connectivity index (χ1v) is 6.74. The van der Waals surface area contributed by atoms with Gasteiger partial charge in [0.1, 0.15) is 0 Å². The van der Waals surface area contributed by atoms with Gasteiger partial charge in [0.15, 0.2) is 0 Å². The normalized spacial score (nSPS) is 20.4. The molecule has 1 aromatic carbocycles. The fraction of sp³-hybridized carbons (Fsp3) is 0.600. The minimum Gasteiger partial charge on any atom is -0.380 e. The van der Waals surface area contributed by atoms with E-state index in [4.69, 9.17) is 4.74 Å². The van der Waals surface area contributed by atoms with Gasteiger partial charge in [0.05, 0.1) is 6.61 Å². The van der Waals surface area contributed by atoms with E-state index in [1.54, 1.807) is 7.11 Å². The maximum absolute atomic E-state index is 5.23. The average Bonchev–Trinajstić information content (AvgIpc) is 2.78. The van der Waals surface area contributed by atoms with E-state index in [9.17, 15) is 0 Å². The number of hydrogen-bond donors (Lipinski definition) is 1. The zero-order chi connectivity index (χ0) is 12.8. The van der Waals surface area contributed by atoms with E-state index in [0.717, 1.165) is 19.0 Å². The molecule has 0 saturated carbocycles. The lowest BCUT2D eigenvalue weighted by atomic mass is 10.1. The molecule has 1 aliphatic rings. The van der Waals surface area contributed by atoms with Crippen LogP contribution >= 0.6 is 0 Å². The highest BCUT2D eigenvalue weighted by Crippen LogP contribution is 2.14. The van der Waals surface area contributed by atoms with Crippen molar-refractivity contribution in [1.29, 1.82) is 0 Å². The van der Waals surface area contributed by atoms with Crippen LogP contribution in [0.1, 0.15) is 17.5 Å². The maximum Gasteiger partial charge on any atom is 0.0716 e. The van der Waals surface area contributed by atoms with Gasteiger partial charge in [0, 0.05) is 20.2 Å². The molecular weight excluding hydrogens is 224 g/mol. The molecule has 0 radical (unpaired) electrons. The molecule has 100 valence electrons. The van der Waals surface area contributed by atoms with Crippen LogP contribution in [0.15, 0.2) is 24.3 Å². The predicted molar refractivity (Wildman–Crippen MR) is 74.5 cm³/mol. The number of nitrogens with zero attached hydrogens (tertiary/aromatic N) is 1. The number of hydrogen-bond acceptors (Lipinski definition) is 3. The number of ether oxygens (including phenoxy) is 1. The summed E-state index contributed by atoms with van der Waals surface area (Å²) in [5.74, 6) is 0.810. The predicted octanol–water partition coefficient (Wildman–Crippen LogP) is 1.87. The third kappa shape index (κ3) is 3.80. The Bertz CT molecular complexity index is 367. The second-order valence-electron chi connectivity index (χ2n) is 5.25. The third-order valence-corrected chi connectivity index (χ3v) is 3.66. The second-order valence-corrected chi connectivity index (χ2v) is 5.25. The quantitative estimate of drug-likeness (QED) is 0.832. The maximum atomic E-state index is 5.23. The van der Waals surface area contributed by atoms with Crippen molar-refractivity contribution in [3.05, 3.63) is 35.4 Å². The minimum absolute atomic E-state index is 0.698. The SMILES string of the molecule is COCc1ccccc1CNCC1CCN(C)C1. The molecule has 1 unspecified atom stereocenters. The summed E-state index contributed by atoms with van der Waals surface area (Å²) >= 11 is 0. The fourth-order valence-electron chi connectivity index (χ4n) is 2.63. The van der Waals surface area contributed by atoms with E-state index in [2.05, 4.69) is 41.5 Å². The van der Waals surface area contributed by atoms with Crippen LogP contribution in [-0.4, -0.2) is 38.7 Å². The van der Waals surface area contributed by atoms with E-state index < -0.39 is 0 Å². The van der Waals surface area contributed by atoms with Gasteiger partial charge >= 0.3 is 0 Å². The second kappa shape index (κ2) is 6.88. The molecular formula is C15H24N2O. The molecule has 18 heavy (non-hydrogen) atoms. The van der Waals surface area contributed by atoms with Gasteiger partial charge in [-0.3, -0.25) is 0 Å². The number of rotatable bonds is 6. The number of likely N-dealkylation sites (tertiary alicyclic amines) is 1. The minimum atomic E-state index is 0.698. The smallest absolute Gasteiger partial charge is 0.0716 e. The Kier molecular flexibility index (Phi) is 5.17. The summed E-state index contributed by atoms with van der Waals surface area (Å²) in [6, 6.07) is 8.50. The van der Waals surface area contributed by atoms with E-state index in [1.807, 2.05) is 0 Å². The highest BCUT2D eigenvalue weighted by molar-refractivity contribution is 5.26. The van der Waals surface area contributed by atoms with Gasteiger partial charge in [0.2, 0.25) is 0 Å². The Morgan fingerprint density at radius 1 is 1.33 bits per heavy atom. The molecule has 0 bridgehead atoms. The van der Waals surface area contributed by atoms with Gasteiger partial charge in [-0.05, 0) is 43.6 Å². The monoisotopic (exact) mass is 248 g/mol. The van der Waals surface area contributed by atoms with E-state index >= 15 is 0 Å². The molecule has 0 aromatic heterocycles. The zero-order valence-electron chi connectivity index (χ0n) is 11.5. The number of nitrogens with one attached hydrogen (secondary N) is 1. The highest BCUT2D eigenvalue weighted by atomic mass is 16.5. The van der Waals surface area contributed by atoms with Gasteiger partial charge in [-0.1, -0.05) is 24.3 Å². The van der Waals surface area contributed by atoms with Crippen molar-refractivity contribution in [3.63, 3.8) is 0 Å². The van der Waals surface area contributed by atoms with Gasteiger partial charge in [-0.2, -0.15) is 0 Å². The van der Waals surface area contributed by atoms with Crippen molar-refractivity contribution in [3.8, 4) is 0 Å². The number of methoxy groups -OCH3 is 1. The summed E-state index contributed by atoms with van der Waals surface area (Å²) in [6.45, 7) is 5.23. The Balaban J connectivity index is 1.79. The summed E-state index contributed by atoms with van der Waals surface area (Å²) in [7, 11) is 3.95. The van der Waals surface area contributed by atoms with Gasteiger partial charge in [-0.15, -0.1) is 0 Å². The fourth-order valence-corrected chi connectivity index (χ4v) is 2.63. The summed E-state index contributed by atoms with van der Waals surface area (Å²) in [6.07, 6.45) is 1.32. The van der Waals surface area contributed by atoms with E-state index in [0.29, 0.717) is 6.61 Å². The van der Waals surface area contributed by atoms with Crippen LogP contribution < -0.4 is 5.32 Å². The van der Waals surface area contributed by atoms with Gasteiger partial charge in [0.25, 0.3) is 0 Å². The lowest BCUT2D eigenvalue weighted by Gasteiger charge is -2.13. The molecule has 0 amide bonds. The molecule has 1 N–H and O–H groups in total. The van der Waals surface area contributed by atoms with Crippen molar-refractivity contribution in [2.24, 2.45) is 5.92 Å². The number of benzene rings is 1. The van der Waals surface area contributed by atoms with Crippen LogP contribution in [0, 0.1) is 5.92 Å². The molecule has 1 atom stereocenters. The first-order chi connectivity index (χ1) is 8.79. The van der Waals surface area contributed by atoms with Gasteiger partial charge in [-0.25, -0.2) is 0 Å². The molecule has 3 heteroatoms. The first-order valence-electron chi connectivity index (χ1n) is 6.74. The summed E-state index contributed by atoms with van der Waals surface area (Å²) < 4.78 is 5.23. The van der Waals surface area contributed by atoms with Crippen molar-refractivity contribution in [1.82, 2.24) is 10.2 Å². The lowest BCUT2D eigenvalue weighted by molar-refractivity contribution is 0.184. The van der Waals surface area contributed by atoms with Crippen LogP contribution in [0.25, 0.3) is 0 Å². The van der Waals surface area contributed by atoms with Crippen LogP contribution in [0.2, 0.25) is 0 Å². The van der Waals surface area contributed by atoms with Crippen LogP contribution in [0.5, 0.6) is 0 Å². The molecule has 2 rings (SSSR count). The molecule has 1 saturated heterocycles. The Morgan fingerprint density at radius 3 is 2.78 bits per heavy atom. The molecule has 0 aliphatic carbocycles.